The third kappa shape index (κ3) is 4.34. The number of carbonyl (C=O) groups is 4. The molecule has 0 spiro atoms. The smallest absolute Gasteiger partial charge is 0.319 e. The van der Waals surface area contributed by atoms with Gasteiger partial charge in [0.2, 0.25) is 11.8 Å². The van der Waals surface area contributed by atoms with Gasteiger partial charge in [0, 0.05) is 24.2 Å². The molecule has 2 atom stereocenters. The minimum Gasteiger partial charge on any atom is -0.327 e. The van der Waals surface area contributed by atoms with Gasteiger partial charge in [-0.05, 0) is 49.5 Å². The lowest BCUT2D eigenvalue weighted by atomic mass is 9.97. The number of hydrogen-bond acceptors (Lipinski definition) is 4. The number of piperidine rings is 1. The Kier molecular flexibility index (Phi) is 5.94. The van der Waals surface area contributed by atoms with Crippen LogP contribution in [0.3, 0.4) is 0 Å². The van der Waals surface area contributed by atoms with Crippen molar-refractivity contribution < 1.29 is 19.2 Å². The van der Waals surface area contributed by atoms with Gasteiger partial charge in [0.1, 0.15) is 6.04 Å². The zero-order chi connectivity index (χ0) is 22.8. The fraction of sp³-hybridized carbons (Fsp3) is 0.333. The number of hydrogen-bond donors (Lipinski definition) is 3. The summed E-state index contributed by atoms with van der Waals surface area (Å²) in [6, 6.07) is 3.96. The van der Waals surface area contributed by atoms with E-state index in [9.17, 15) is 19.2 Å². The Labute approximate surface area is 186 Å². The Morgan fingerprint density at radius 3 is 2.75 bits per heavy atom. The highest BCUT2D eigenvalue weighted by molar-refractivity contribution is 6.05. The summed E-state index contributed by atoms with van der Waals surface area (Å²) in [5.74, 6) is -0.979. The number of nitrogens with zero attached hydrogens (tertiary/aromatic N) is 1. The van der Waals surface area contributed by atoms with Crippen LogP contribution in [0.15, 0.2) is 54.3 Å². The Bertz CT molecular complexity index is 1070. The van der Waals surface area contributed by atoms with E-state index in [2.05, 4.69) is 22.5 Å². The van der Waals surface area contributed by atoms with E-state index in [1.807, 2.05) is 31.2 Å². The summed E-state index contributed by atoms with van der Waals surface area (Å²) < 4.78 is 0. The first-order chi connectivity index (χ1) is 15.3. The number of imide groups is 1. The van der Waals surface area contributed by atoms with Crippen LogP contribution in [0.1, 0.15) is 60.1 Å². The number of urea groups is 1. The highest BCUT2D eigenvalue weighted by atomic mass is 16.2. The first-order valence-corrected chi connectivity index (χ1v) is 10.7. The molecular weight excluding hydrogens is 408 g/mol. The highest BCUT2D eigenvalue weighted by Gasteiger charge is 2.39. The minimum absolute atomic E-state index is 0.212. The number of nitrogens with one attached hydrogen (secondary N) is 3. The zero-order valence-corrected chi connectivity index (χ0v) is 17.9. The van der Waals surface area contributed by atoms with Crippen molar-refractivity contribution in [3.05, 3.63) is 71.0 Å². The molecule has 32 heavy (non-hydrogen) atoms. The van der Waals surface area contributed by atoms with Crippen molar-refractivity contribution in [3.63, 3.8) is 0 Å². The average molecular weight is 434 g/mol. The number of rotatable bonds is 5. The monoisotopic (exact) mass is 434 g/mol. The maximum absolute atomic E-state index is 12.9. The SMILES string of the molecule is C=C(C)C(NC(=O)NC1=CCCC=C1)c1ccc2c(c1)CN(C1CCC(=O)NC1=O)C2=O. The van der Waals surface area contributed by atoms with Crippen molar-refractivity contribution in [2.45, 2.75) is 51.2 Å². The molecule has 2 heterocycles. The first-order valence-electron chi connectivity index (χ1n) is 10.7. The van der Waals surface area contributed by atoms with Crippen LogP contribution < -0.4 is 16.0 Å². The molecule has 2 unspecified atom stereocenters. The molecule has 8 nitrogen and oxygen atoms in total. The van der Waals surface area contributed by atoms with Gasteiger partial charge >= 0.3 is 6.03 Å². The van der Waals surface area contributed by atoms with Gasteiger partial charge in [-0.2, -0.15) is 0 Å². The molecule has 5 amide bonds. The first kappa shape index (κ1) is 21.5. The summed E-state index contributed by atoms with van der Waals surface area (Å²) in [6.07, 6.45) is 8.24. The maximum Gasteiger partial charge on any atom is 0.319 e. The van der Waals surface area contributed by atoms with E-state index in [-0.39, 0.29) is 30.8 Å². The molecular formula is C24H26N4O4. The van der Waals surface area contributed by atoms with E-state index in [4.69, 9.17) is 0 Å². The molecule has 1 fully saturated rings. The van der Waals surface area contributed by atoms with Gasteiger partial charge in [-0.3, -0.25) is 19.7 Å². The van der Waals surface area contributed by atoms with Crippen molar-refractivity contribution in [1.29, 1.82) is 0 Å². The van der Waals surface area contributed by atoms with E-state index >= 15 is 0 Å². The van der Waals surface area contributed by atoms with E-state index in [0.717, 1.165) is 35.2 Å². The summed E-state index contributed by atoms with van der Waals surface area (Å²) in [5.41, 5.74) is 3.62. The zero-order valence-electron chi connectivity index (χ0n) is 17.9. The summed E-state index contributed by atoms with van der Waals surface area (Å²) in [4.78, 5) is 50.6. The molecule has 166 valence electrons. The van der Waals surface area contributed by atoms with Gasteiger partial charge in [0.15, 0.2) is 0 Å². The summed E-state index contributed by atoms with van der Waals surface area (Å²) in [6.45, 7) is 6.12. The lowest BCUT2D eigenvalue weighted by molar-refractivity contribution is -0.136. The van der Waals surface area contributed by atoms with E-state index in [0.29, 0.717) is 12.0 Å². The topological polar surface area (TPSA) is 108 Å². The number of amides is 5. The van der Waals surface area contributed by atoms with Gasteiger partial charge in [0.25, 0.3) is 5.91 Å². The van der Waals surface area contributed by atoms with Crippen LogP contribution in [-0.4, -0.2) is 34.7 Å². The lowest BCUT2D eigenvalue weighted by Crippen LogP contribution is -2.52. The molecule has 8 heteroatoms. The van der Waals surface area contributed by atoms with Gasteiger partial charge in [-0.25, -0.2) is 4.79 Å². The Balaban J connectivity index is 1.50. The fourth-order valence-electron chi connectivity index (χ4n) is 4.27. The number of benzene rings is 1. The van der Waals surface area contributed by atoms with Gasteiger partial charge < -0.3 is 15.5 Å². The minimum atomic E-state index is -0.659. The molecule has 3 N–H and O–H groups in total. The second kappa shape index (κ2) is 8.82. The summed E-state index contributed by atoms with van der Waals surface area (Å²) in [7, 11) is 0. The van der Waals surface area contributed by atoms with E-state index in [1.54, 1.807) is 12.1 Å². The molecule has 1 aliphatic carbocycles. The molecule has 3 aliphatic rings. The van der Waals surface area contributed by atoms with Crippen molar-refractivity contribution in [2.75, 3.05) is 0 Å². The van der Waals surface area contributed by atoms with Crippen molar-refractivity contribution in [1.82, 2.24) is 20.9 Å². The standard InChI is InChI=1S/C24H26N4O4/c1-14(2)21(27-24(32)25-17-6-4-3-5-7-17)15-8-9-18-16(12-15)13-28(23(18)31)19-10-11-20(29)26-22(19)30/h4,6-9,12,19,21H,1,3,5,10-11,13H2,2H3,(H2,25,27,32)(H,26,29,30). The molecule has 1 saturated heterocycles. The van der Waals surface area contributed by atoms with Crippen LogP contribution in [-0.2, 0) is 16.1 Å². The fourth-order valence-corrected chi connectivity index (χ4v) is 4.27. The Morgan fingerprint density at radius 2 is 2.06 bits per heavy atom. The predicted octanol–water partition coefficient (Wildman–Crippen LogP) is 2.60. The van der Waals surface area contributed by atoms with Gasteiger partial charge in [0.05, 0.1) is 6.04 Å². The number of allylic oxidation sites excluding steroid dienone is 3. The molecule has 0 radical (unpaired) electrons. The van der Waals surface area contributed by atoms with Crippen molar-refractivity contribution in [3.8, 4) is 0 Å². The summed E-state index contributed by atoms with van der Waals surface area (Å²) in [5, 5.41) is 8.09. The quantitative estimate of drug-likeness (QED) is 0.489. The molecule has 1 aromatic rings. The van der Waals surface area contributed by atoms with Crippen molar-refractivity contribution in [2.24, 2.45) is 0 Å². The average Bonchev–Trinajstić information content (AvgIpc) is 3.08. The van der Waals surface area contributed by atoms with Crippen LogP contribution in [0.5, 0.6) is 0 Å². The van der Waals surface area contributed by atoms with Gasteiger partial charge in [-0.1, -0.05) is 36.4 Å². The Morgan fingerprint density at radius 1 is 1.25 bits per heavy atom. The van der Waals surface area contributed by atoms with Crippen LogP contribution in [0.4, 0.5) is 4.79 Å². The van der Waals surface area contributed by atoms with Crippen LogP contribution in [0.2, 0.25) is 0 Å². The predicted molar refractivity (Wildman–Crippen MR) is 118 cm³/mol. The maximum atomic E-state index is 12.9. The van der Waals surface area contributed by atoms with E-state index in [1.165, 1.54) is 4.90 Å². The Hall–Kier alpha value is -3.68. The van der Waals surface area contributed by atoms with Crippen molar-refractivity contribution >= 4 is 23.8 Å². The van der Waals surface area contributed by atoms with Gasteiger partial charge in [-0.15, -0.1) is 0 Å². The van der Waals surface area contributed by atoms with Crippen LogP contribution >= 0.6 is 0 Å². The molecule has 0 saturated carbocycles. The number of carbonyl (C=O) groups excluding carboxylic acids is 4. The second-order valence-corrected chi connectivity index (χ2v) is 8.33. The third-order valence-corrected chi connectivity index (χ3v) is 5.90. The largest absolute Gasteiger partial charge is 0.327 e. The lowest BCUT2D eigenvalue weighted by Gasteiger charge is -2.29. The normalized spacial score (nSPS) is 20.9. The van der Waals surface area contributed by atoms with Crippen LogP contribution in [0, 0.1) is 0 Å². The highest BCUT2D eigenvalue weighted by Crippen LogP contribution is 2.31. The molecule has 0 bridgehead atoms. The second-order valence-electron chi connectivity index (χ2n) is 8.33. The molecule has 2 aliphatic heterocycles. The third-order valence-electron chi connectivity index (χ3n) is 5.90. The summed E-state index contributed by atoms with van der Waals surface area (Å²) >= 11 is 0. The molecule has 4 rings (SSSR count). The molecule has 0 aromatic heterocycles. The van der Waals surface area contributed by atoms with Crippen LogP contribution in [0.25, 0.3) is 0 Å². The van der Waals surface area contributed by atoms with E-state index < -0.39 is 18.0 Å². The molecule has 1 aromatic carbocycles. The number of fused-ring (bicyclic) bond motifs is 1.